The molecule has 108 valence electrons. The van der Waals surface area contributed by atoms with Crippen molar-refractivity contribution in [2.24, 2.45) is 0 Å². The van der Waals surface area contributed by atoms with E-state index < -0.39 is 8.07 Å². The summed E-state index contributed by atoms with van der Waals surface area (Å²) >= 11 is 0. The Balaban J connectivity index is 2.01. The third-order valence-corrected chi connectivity index (χ3v) is 4.85. The monoisotopic (exact) mass is 289 g/mol. The maximum absolute atomic E-state index is 6.00. The molecule has 0 saturated carbocycles. The van der Waals surface area contributed by atoms with E-state index in [0.29, 0.717) is 6.73 Å². The Labute approximate surface area is 121 Å². The summed E-state index contributed by atoms with van der Waals surface area (Å²) in [6.45, 7) is 8.38. The van der Waals surface area contributed by atoms with Gasteiger partial charge in [0.1, 0.15) is 12.6 Å². The first-order chi connectivity index (χ1) is 9.47. The molecule has 2 rings (SSSR count). The second-order valence-electron chi connectivity index (χ2n) is 6.16. The third-order valence-electron chi connectivity index (χ3n) is 3.14. The number of nitrogen functional groups attached to an aromatic ring is 1. The van der Waals surface area contributed by atoms with Crippen molar-refractivity contribution in [3.63, 3.8) is 0 Å². The van der Waals surface area contributed by atoms with Gasteiger partial charge in [-0.25, -0.2) is 4.98 Å². The molecule has 1 heterocycles. The van der Waals surface area contributed by atoms with Crippen LogP contribution in [0.5, 0.6) is 0 Å². The Kier molecular flexibility index (Phi) is 4.62. The molecule has 20 heavy (non-hydrogen) atoms. The van der Waals surface area contributed by atoms with Crippen molar-refractivity contribution in [3.8, 4) is 11.4 Å². The van der Waals surface area contributed by atoms with Gasteiger partial charge >= 0.3 is 0 Å². The highest BCUT2D eigenvalue weighted by molar-refractivity contribution is 6.76. The largest absolute Gasteiger partial charge is 0.398 e. The minimum atomic E-state index is -1.04. The maximum atomic E-state index is 6.00. The summed E-state index contributed by atoms with van der Waals surface area (Å²) < 4.78 is 7.77. The van der Waals surface area contributed by atoms with Gasteiger partial charge in [-0.2, -0.15) is 0 Å². The highest BCUT2D eigenvalue weighted by Gasteiger charge is 2.13. The van der Waals surface area contributed by atoms with Crippen LogP contribution in [0.15, 0.2) is 36.7 Å². The number of para-hydroxylation sites is 1. The van der Waals surface area contributed by atoms with Gasteiger partial charge in [0.2, 0.25) is 0 Å². The molecule has 1 aromatic heterocycles. The third kappa shape index (κ3) is 3.95. The molecular formula is C15H23N3OSi. The zero-order chi connectivity index (χ0) is 14.6. The van der Waals surface area contributed by atoms with Crippen LogP contribution in [0.1, 0.15) is 0 Å². The summed E-state index contributed by atoms with van der Waals surface area (Å²) in [5.74, 6) is 0.858. The van der Waals surface area contributed by atoms with E-state index in [1.807, 2.05) is 35.0 Å². The molecule has 5 heteroatoms. The zero-order valence-electron chi connectivity index (χ0n) is 12.5. The number of aromatic nitrogens is 2. The number of nitrogens with zero attached hydrogens (tertiary/aromatic N) is 2. The summed E-state index contributed by atoms with van der Waals surface area (Å²) in [7, 11) is -1.04. The molecule has 0 atom stereocenters. The van der Waals surface area contributed by atoms with Gasteiger partial charge in [-0.15, -0.1) is 0 Å². The first-order valence-corrected chi connectivity index (χ1v) is 10.6. The van der Waals surface area contributed by atoms with E-state index in [4.69, 9.17) is 10.5 Å². The first-order valence-electron chi connectivity index (χ1n) is 6.91. The van der Waals surface area contributed by atoms with E-state index in [0.717, 1.165) is 23.7 Å². The minimum absolute atomic E-state index is 0.522. The van der Waals surface area contributed by atoms with Gasteiger partial charge in [0, 0.05) is 38.3 Å². The van der Waals surface area contributed by atoms with Crippen LogP contribution in [0.25, 0.3) is 11.4 Å². The summed E-state index contributed by atoms with van der Waals surface area (Å²) in [4.78, 5) is 4.39. The fourth-order valence-electron chi connectivity index (χ4n) is 1.90. The Morgan fingerprint density at radius 2 is 2.00 bits per heavy atom. The minimum Gasteiger partial charge on any atom is -0.398 e. The van der Waals surface area contributed by atoms with Gasteiger partial charge in [0.05, 0.1) is 0 Å². The molecule has 1 aromatic carbocycles. The molecule has 4 nitrogen and oxygen atoms in total. The lowest BCUT2D eigenvalue weighted by Gasteiger charge is -2.16. The SMILES string of the molecule is C[Si](C)(C)CCOCn1ccnc1-c1ccccc1N. The van der Waals surface area contributed by atoms with E-state index in [9.17, 15) is 0 Å². The summed E-state index contributed by atoms with van der Waals surface area (Å²) in [6, 6.07) is 8.94. The number of anilines is 1. The van der Waals surface area contributed by atoms with Gasteiger partial charge in [-0.1, -0.05) is 31.8 Å². The van der Waals surface area contributed by atoms with E-state index in [-0.39, 0.29) is 0 Å². The number of benzene rings is 1. The van der Waals surface area contributed by atoms with Crippen molar-refractivity contribution in [2.45, 2.75) is 32.4 Å². The molecule has 0 aliphatic heterocycles. The Morgan fingerprint density at radius 1 is 1.25 bits per heavy atom. The molecule has 2 N–H and O–H groups in total. The fraction of sp³-hybridized carbons (Fsp3) is 0.400. The molecule has 0 radical (unpaired) electrons. The Hall–Kier alpha value is -1.59. The van der Waals surface area contributed by atoms with Crippen molar-refractivity contribution in [1.29, 1.82) is 0 Å². The highest BCUT2D eigenvalue weighted by atomic mass is 28.3. The molecule has 0 aliphatic rings. The Morgan fingerprint density at radius 3 is 2.70 bits per heavy atom. The topological polar surface area (TPSA) is 53.1 Å². The van der Waals surface area contributed by atoms with Crippen LogP contribution in [0, 0.1) is 0 Å². The predicted molar refractivity (Wildman–Crippen MR) is 86.2 cm³/mol. The van der Waals surface area contributed by atoms with Crippen LogP contribution in [0.3, 0.4) is 0 Å². The number of hydrogen-bond acceptors (Lipinski definition) is 3. The quantitative estimate of drug-likeness (QED) is 0.503. The van der Waals surface area contributed by atoms with Crippen molar-refractivity contribution in [2.75, 3.05) is 12.3 Å². The molecule has 2 aromatic rings. The van der Waals surface area contributed by atoms with E-state index >= 15 is 0 Å². The van der Waals surface area contributed by atoms with Gasteiger partial charge < -0.3 is 15.0 Å². The van der Waals surface area contributed by atoms with E-state index in [2.05, 4.69) is 24.6 Å². The van der Waals surface area contributed by atoms with E-state index in [1.54, 1.807) is 6.20 Å². The molecule has 0 saturated heterocycles. The van der Waals surface area contributed by atoms with Crippen LogP contribution >= 0.6 is 0 Å². The van der Waals surface area contributed by atoms with Crippen molar-refractivity contribution >= 4 is 13.8 Å². The molecule has 0 unspecified atom stereocenters. The average molecular weight is 289 g/mol. The lowest BCUT2D eigenvalue weighted by atomic mass is 10.2. The molecule has 0 fully saturated rings. The second kappa shape index (κ2) is 6.24. The maximum Gasteiger partial charge on any atom is 0.143 e. The summed E-state index contributed by atoms with van der Waals surface area (Å²) in [5.41, 5.74) is 7.69. The highest BCUT2D eigenvalue weighted by Crippen LogP contribution is 2.23. The summed E-state index contributed by atoms with van der Waals surface area (Å²) in [6.07, 6.45) is 3.71. The molecule has 0 spiro atoms. The number of hydrogen-bond donors (Lipinski definition) is 1. The van der Waals surface area contributed by atoms with Gasteiger partial charge in [0.15, 0.2) is 0 Å². The van der Waals surface area contributed by atoms with Crippen LogP contribution in [0.4, 0.5) is 5.69 Å². The van der Waals surface area contributed by atoms with E-state index in [1.165, 1.54) is 6.04 Å². The number of imidazole rings is 1. The molecule has 0 amide bonds. The lowest BCUT2D eigenvalue weighted by Crippen LogP contribution is -2.22. The number of ether oxygens (including phenoxy) is 1. The number of nitrogens with two attached hydrogens (primary N) is 1. The van der Waals surface area contributed by atoms with Crippen LogP contribution in [-0.4, -0.2) is 24.2 Å². The first kappa shape index (κ1) is 14.8. The van der Waals surface area contributed by atoms with Crippen molar-refractivity contribution < 1.29 is 4.74 Å². The average Bonchev–Trinajstić information content (AvgIpc) is 2.82. The van der Waals surface area contributed by atoms with Gasteiger partial charge in [-0.05, 0) is 18.2 Å². The fourth-order valence-corrected chi connectivity index (χ4v) is 2.66. The zero-order valence-corrected chi connectivity index (χ0v) is 13.5. The predicted octanol–water partition coefficient (Wildman–Crippen LogP) is 3.44. The van der Waals surface area contributed by atoms with Crippen LogP contribution in [-0.2, 0) is 11.5 Å². The summed E-state index contributed by atoms with van der Waals surface area (Å²) in [5, 5.41) is 0. The van der Waals surface area contributed by atoms with Crippen molar-refractivity contribution in [3.05, 3.63) is 36.7 Å². The standard InChI is InChI=1S/C15H23N3OSi/c1-20(2,3)11-10-19-12-18-9-8-17-15(18)13-6-4-5-7-14(13)16/h4-9H,10-12,16H2,1-3H3. The lowest BCUT2D eigenvalue weighted by molar-refractivity contribution is 0.0883. The van der Waals surface area contributed by atoms with Crippen LogP contribution < -0.4 is 5.73 Å². The molecular weight excluding hydrogens is 266 g/mol. The van der Waals surface area contributed by atoms with Crippen LogP contribution in [0.2, 0.25) is 25.7 Å². The normalized spacial score (nSPS) is 11.8. The number of rotatable bonds is 6. The van der Waals surface area contributed by atoms with Gasteiger partial charge in [-0.3, -0.25) is 0 Å². The molecule has 0 aliphatic carbocycles. The Bertz CT molecular complexity index is 560. The smallest absolute Gasteiger partial charge is 0.143 e. The second-order valence-corrected chi connectivity index (χ2v) is 11.8. The van der Waals surface area contributed by atoms with Crippen molar-refractivity contribution in [1.82, 2.24) is 9.55 Å². The van der Waals surface area contributed by atoms with Gasteiger partial charge in [0.25, 0.3) is 0 Å². The molecule has 0 bridgehead atoms.